The van der Waals surface area contributed by atoms with Gasteiger partial charge in [0.2, 0.25) is 0 Å². The second kappa shape index (κ2) is 6.31. The number of hydrogen-bond acceptors (Lipinski definition) is 6. The molecule has 1 unspecified atom stereocenters. The molecule has 1 aromatic rings. The number of rotatable bonds is 4. The quantitative estimate of drug-likeness (QED) is 0.790. The van der Waals surface area contributed by atoms with Gasteiger partial charge in [-0.15, -0.1) is 0 Å². The second-order valence-corrected chi connectivity index (χ2v) is 10.8. The molecule has 0 aliphatic carbocycles. The van der Waals surface area contributed by atoms with Crippen LogP contribution in [0.1, 0.15) is 19.3 Å². The minimum absolute atomic E-state index is 0.0435. The topological polar surface area (TPSA) is 74.8 Å². The van der Waals surface area contributed by atoms with E-state index in [0.29, 0.717) is 11.7 Å². The Kier molecular flexibility index (Phi) is 4.65. The molecule has 2 fully saturated rings. The zero-order valence-corrected chi connectivity index (χ0v) is 15.7. The predicted octanol–water partition coefficient (Wildman–Crippen LogP) is 1.17. The Bertz CT molecular complexity index is 828. The van der Waals surface area contributed by atoms with E-state index in [1.165, 1.54) is 25.0 Å². The molecule has 2 aliphatic heterocycles. The Labute approximate surface area is 144 Å². The molecule has 0 bridgehead atoms. The molecule has 1 atom stereocenters. The molecule has 2 saturated heterocycles. The number of sulfone groups is 2. The summed E-state index contributed by atoms with van der Waals surface area (Å²) in [6, 6.07) is 4.89. The van der Waals surface area contributed by atoms with Gasteiger partial charge in [0.25, 0.3) is 0 Å². The molecule has 3 rings (SSSR count). The first-order chi connectivity index (χ1) is 11.2. The van der Waals surface area contributed by atoms with Gasteiger partial charge in [-0.25, -0.2) is 16.8 Å². The number of hydrogen-bond donors (Lipinski definition) is 0. The van der Waals surface area contributed by atoms with Gasteiger partial charge in [-0.3, -0.25) is 4.90 Å². The van der Waals surface area contributed by atoms with Crippen LogP contribution in [0.2, 0.25) is 0 Å². The Morgan fingerprint density at radius 3 is 2.21 bits per heavy atom. The van der Waals surface area contributed by atoms with Crippen molar-refractivity contribution in [3.63, 3.8) is 0 Å². The second-order valence-electron chi connectivity index (χ2n) is 6.81. The first-order valence-electron chi connectivity index (χ1n) is 8.19. The average molecular weight is 373 g/mol. The highest BCUT2D eigenvalue weighted by atomic mass is 32.2. The van der Waals surface area contributed by atoms with Crippen molar-refractivity contribution in [3.05, 3.63) is 18.2 Å². The summed E-state index contributed by atoms with van der Waals surface area (Å²) in [4.78, 5) is 4.70. The Hall–Kier alpha value is -1.12. The van der Waals surface area contributed by atoms with Crippen LogP contribution in [0.4, 0.5) is 5.69 Å². The molecule has 2 heterocycles. The van der Waals surface area contributed by atoms with Gasteiger partial charge in [-0.2, -0.15) is 0 Å². The highest BCUT2D eigenvalue weighted by Crippen LogP contribution is 2.32. The van der Waals surface area contributed by atoms with Gasteiger partial charge in [0.05, 0.1) is 15.5 Å². The van der Waals surface area contributed by atoms with Crippen molar-refractivity contribution >= 4 is 25.4 Å². The van der Waals surface area contributed by atoms with E-state index >= 15 is 0 Å². The lowest BCUT2D eigenvalue weighted by atomic mass is 10.2. The van der Waals surface area contributed by atoms with Crippen molar-refractivity contribution in [2.45, 2.75) is 35.1 Å². The van der Waals surface area contributed by atoms with Crippen molar-refractivity contribution in [3.8, 4) is 0 Å². The molecule has 0 radical (unpaired) electrons. The average Bonchev–Trinajstić information content (AvgIpc) is 3.16. The van der Waals surface area contributed by atoms with Crippen LogP contribution in [0, 0.1) is 0 Å². The molecule has 6 nitrogen and oxygen atoms in total. The van der Waals surface area contributed by atoms with Gasteiger partial charge >= 0.3 is 0 Å². The number of anilines is 1. The van der Waals surface area contributed by atoms with Crippen LogP contribution in [0.5, 0.6) is 0 Å². The summed E-state index contributed by atoms with van der Waals surface area (Å²) in [6.07, 6.45) is 5.69. The maximum Gasteiger partial charge on any atom is 0.177 e. The zero-order valence-electron chi connectivity index (χ0n) is 14.1. The van der Waals surface area contributed by atoms with Crippen LogP contribution in [0.3, 0.4) is 0 Å². The molecule has 1 aromatic carbocycles. The van der Waals surface area contributed by atoms with Crippen molar-refractivity contribution in [1.29, 1.82) is 0 Å². The van der Waals surface area contributed by atoms with E-state index in [1.807, 2.05) is 0 Å². The molecule has 2 aliphatic rings. The van der Waals surface area contributed by atoms with E-state index in [0.717, 1.165) is 45.1 Å². The Morgan fingerprint density at radius 2 is 1.62 bits per heavy atom. The highest BCUT2D eigenvalue weighted by Gasteiger charge is 2.31. The van der Waals surface area contributed by atoms with Crippen LogP contribution < -0.4 is 4.90 Å². The summed E-state index contributed by atoms with van der Waals surface area (Å²) in [7, 11) is -6.95. The van der Waals surface area contributed by atoms with E-state index in [-0.39, 0.29) is 9.79 Å². The van der Waals surface area contributed by atoms with Gasteiger partial charge < -0.3 is 4.90 Å². The maximum absolute atomic E-state index is 12.2. The summed E-state index contributed by atoms with van der Waals surface area (Å²) in [5, 5.41) is 0. The minimum Gasteiger partial charge on any atom is -0.369 e. The van der Waals surface area contributed by atoms with Crippen molar-refractivity contribution in [2.24, 2.45) is 0 Å². The van der Waals surface area contributed by atoms with E-state index in [9.17, 15) is 16.8 Å². The van der Waals surface area contributed by atoms with E-state index in [4.69, 9.17) is 0 Å². The predicted molar refractivity (Wildman–Crippen MR) is 94.1 cm³/mol. The first-order valence-corrected chi connectivity index (χ1v) is 12.0. The maximum atomic E-state index is 12.2. The van der Waals surface area contributed by atoms with Crippen LogP contribution in [0.15, 0.2) is 28.0 Å². The fourth-order valence-electron chi connectivity index (χ4n) is 3.65. The molecule has 24 heavy (non-hydrogen) atoms. The summed E-state index contributed by atoms with van der Waals surface area (Å²) >= 11 is 0. The monoisotopic (exact) mass is 372 g/mol. The first kappa shape index (κ1) is 17.7. The van der Waals surface area contributed by atoms with Gasteiger partial charge in [-0.05, 0) is 50.6 Å². The lowest BCUT2D eigenvalue weighted by Crippen LogP contribution is -2.35. The van der Waals surface area contributed by atoms with Crippen molar-refractivity contribution < 1.29 is 16.8 Å². The van der Waals surface area contributed by atoms with Crippen LogP contribution in [-0.4, -0.2) is 66.5 Å². The standard InChI is InChI=1S/C16H24N2O4S2/c1-23(19,20)14-5-6-15(16(11-14)24(2,21)22)18-10-7-13(12-18)17-8-3-4-9-17/h5-6,11,13H,3-4,7-10,12H2,1-2H3. The molecule has 134 valence electrons. The minimum atomic E-state index is -3.51. The SMILES string of the molecule is CS(=O)(=O)c1ccc(N2CCC(N3CCCC3)C2)c(S(C)(=O)=O)c1. The number of nitrogens with zero attached hydrogens (tertiary/aromatic N) is 2. The summed E-state index contributed by atoms with van der Waals surface area (Å²) in [5.74, 6) is 0. The molecule has 8 heteroatoms. The fourth-order valence-corrected chi connectivity index (χ4v) is 5.29. The summed E-state index contributed by atoms with van der Waals surface area (Å²) in [6.45, 7) is 3.82. The number of likely N-dealkylation sites (tertiary alicyclic amines) is 1. The van der Waals surface area contributed by atoms with E-state index in [2.05, 4.69) is 9.80 Å². The third-order valence-corrected chi connectivity index (χ3v) is 7.16. The molecular formula is C16H24N2O4S2. The zero-order chi connectivity index (χ0) is 17.5. The summed E-state index contributed by atoms with van der Waals surface area (Å²) in [5.41, 5.74) is 0.617. The smallest absolute Gasteiger partial charge is 0.177 e. The third kappa shape index (κ3) is 3.60. The van der Waals surface area contributed by atoms with Gasteiger partial charge in [0, 0.05) is 31.6 Å². The third-order valence-electron chi connectivity index (χ3n) is 4.92. The Morgan fingerprint density at radius 1 is 0.958 bits per heavy atom. The molecule has 0 amide bonds. The van der Waals surface area contributed by atoms with Crippen LogP contribution >= 0.6 is 0 Å². The van der Waals surface area contributed by atoms with Crippen molar-refractivity contribution in [1.82, 2.24) is 4.90 Å². The normalized spacial score (nSPS) is 23.1. The fraction of sp³-hybridized carbons (Fsp3) is 0.625. The molecule has 0 saturated carbocycles. The van der Waals surface area contributed by atoms with Crippen LogP contribution in [-0.2, 0) is 19.7 Å². The Balaban J connectivity index is 1.93. The molecule has 0 spiro atoms. The summed E-state index contributed by atoms with van der Waals surface area (Å²) < 4.78 is 47.9. The van der Waals surface area contributed by atoms with Gasteiger partial charge in [0.1, 0.15) is 0 Å². The van der Waals surface area contributed by atoms with Crippen LogP contribution in [0.25, 0.3) is 0 Å². The number of benzene rings is 1. The lowest BCUT2D eigenvalue weighted by molar-refractivity contribution is 0.260. The molecular weight excluding hydrogens is 348 g/mol. The highest BCUT2D eigenvalue weighted by molar-refractivity contribution is 7.91. The van der Waals surface area contributed by atoms with Gasteiger partial charge in [0.15, 0.2) is 19.7 Å². The van der Waals surface area contributed by atoms with Crippen molar-refractivity contribution in [2.75, 3.05) is 43.6 Å². The molecule has 0 N–H and O–H groups in total. The largest absolute Gasteiger partial charge is 0.369 e. The lowest BCUT2D eigenvalue weighted by Gasteiger charge is -2.25. The van der Waals surface area contributed by atoms with E-state index < -0.39 is 19.7 Å². The van der Waals surface area contributed by atoms with E-state index in [1.54, 1.807) is 6.07 Å². The van der Waals surface area contributed by atoms with Gasteiger partial charge in [-0.1, -0.05) is 0 Å². The molecule has 0 aromatic heterocycles.